The lowest BCUT2D eigenvalue weighted by atomic mass is 10.1. The fourth-order valence-electron chi connectivity index (χ4n) is 2.28. The number of aryl methyl sites for hydroxylation is 3. The number of hydrogen-bond acceptors (Lipinski definition) is 4. The van der Waals surface area contributed by atoms with E-state index in [9.17, 15) is 4.79 Å². The molecule has 5 nitrogen and oxygen atoms in total. The molecule has 0 unspecified atom stereocenters. The Labute approximate surface area is 122 Å². The number of rotatable bonds is 2. The minimum atomic E-state index is -0.189. The van der Waals surface area contributed by atoms with Gasteiger partial charge in [-0.2, -0.15) is 0 Å². The van der Waals surface area contributed by atoms with E-state index in [-0.39, 0.29) is 5.91 Å². The molecule has 0 bridgehead atoms. The second kappa shape index (κ2) is 5.01. The molecule has 2 heterocycles. The number of carbonyl (C=O) groups excluding carboxylic acids is 1. The van der Waals surface area contributed by atoms with Crippen molar-refractivity contribution >= 4 is 22.8 Å². The van der Waals surface area contributed by atoms with Crippen molar-refractivity contribution in [3.63, 3.8) is 0 Å². The summed E-state index contributed by atoms with van der Waals surface area (Å²) >= 11 is 0. The summed E-state index contributed by atoms with van der Waals surface area (Å²) in [5, 5.41) is 3.59. The normalized spacial score (nSPS) is 10.8. The van der Waals surface area contributed by atoms with Crippen LogP contribution in [0.3, 0.4) is 0 Å². The predicted molar refractivity (Wildman–Crippen MR) is 80.4 cm³/mol. The Bertz CT molecular complexity index is 837. The molecule has 0 aliphatic carbocycles. The van der Waals surface area contributed by atoms with Gasteiger partial charge in [0.15, 0.2) is 0 Å². The lowest BCUT2D eigenvalue weighted by Crippen LogP contribution is -2.14. The van der Waals surface area contributed by atoms with Crippen molar-refractivity contribution in [3.05, 3.63) is 53.0 Å². The van der Waals surface area contributed by atoms with Gasteiger partial charge < -0.3 is 9.73 Å². The van der Waals surface area contributed by atoms with Gasteiger partial charge >= 0.3 is 0 Å². The topological polar surface area (TPSA) is 68.0 Å². The summed E-state index contributed by atoms with van der Waals surface area (Å²) in [6.07, 6.45) is 1.39. The van der Waals surface area contributed by atoms with E-state index in [2.05, 4.69) is 15.3 Å². The van der Waals surface area contributed by atoms with Crippen molar-refractivity contribution in [2.75, 3.05) is 5.32 Å². The highest BCUT2D eigenvalue weighted by Gasteiger charge is 2.16. The predicted octanol–water partition coefficient (Wildman–Crippen LogP) is 3.40. The van der Waals surface area contributed by atoms with Crippen LogP contribution in [-0.4, -0.2) is 15.9 Å². The standard InChI is InChI=1S/C16H15N3O2/c1-9-6-4-5-7-12(9)15(20)19-14-13-10(2)11(3)21-16(13)18-8-17-14/h4-8H,1-3H3,(H,17,18,19,20). The molecule has 106 valence electrons. The van der Waals surface area contributed by atoms with Crippen molar-refractivity contribution in [2.24, 2.45) is 0 Å². The Morgan fingerprint density at radius 2 is 1.90 bits per heavy atom. The first-order valence-corrected chi connectivity index (χ1v) is 6.65. The second-order valence-corrected chi connectivity index (χ2v) is 4.95. The molecule has 0 aliphatic rings. The van der Waals surface area contributed by atoms with E-state index in [0.717, 1.165) is 22.3 Å². The molecule has 0 fully saturated rings. The lowest BCUT2D eigenvalue weighted by Gasteiger charge is -2.07. The molecule has 0 saturated carbocycles. The maximum Gasteiger partial charge on any atom is 0.257 e. The first-order valence-electron chi connectivity index (χ1n) is 6.65. The van der Waals surface area contributed by atoms with Crippen molar-refractivity contribution in [2.45, 2.75) is 20.8 Å². The van der Waals surface area contributed by atoms with Crippen molar-refractivity contribution in [3.8, 4) is 0 Å². The third kappa shape index (κ3) is 2.27. The van der Waals surface area contributed by atoms with Crippen LogP contribution in [0.4, 0.5) is 5.82 Å². The van der Waals surface area contributed by atoms with Gasteiger partial charge in [-0.05, 0) is 32.4 Å². The summed E-state index contributed by atoms with van der Waals surface area (Å²) in [5.41, 5.74) is 2.97. The first kappa shape index (κ1) is 13.3. The Morgan fingerprint density at radius 1 is 1.14 bits per heavy atom. The van der Waals surface area contributed by atoms with Gasteiger partial charge in [0.25, 0.3) is 5.91 Å². The molecular weight excluding hydrogens is 266 g/mol. The molecule has 2 aromatic heterocycles. The number of benzene rings is 1. The van der Waals surface area contributed by atoms with E-state index in [1.54, 1.807) is 6.07 Å². The van der Waals surface area contributed by atoms with Crippen LogP contribution in [0, 0.1) is 20.8 Å². The Hall–Kier alpha value is -2.69. The van der Waals surface area contributed by atoms with Crippen molar-refractivity contribution in [1.29, 1.82) is 0 Å². The van der Waals surface area contributed by atoms with Crippen LogP contribution in [-0.2, 0) is 0 Å². The van der Waals surface area contributed by atoms with Crippen LogP contribution < -0.4 is 5.32 Å². The van der Waals surface area contributed by atoms with Gasteiger partial charge in [0.05, 0.1) is 5.39 Å². The Kier molecular flexibility index (Phi) is 3.17. The largest absolute Gasteiger partial charge is 0.443 e. The first-order chi connectivity index (χ1) is 10.1. The molecule has 0 radical (unpaired) electrons. The number of nitrogens with zero attached hydrogens (tertiary/aromatic N) is 2. The van der Waals surface area contributed by atoms with Crippen molar-refractivity contribution < 1.29 is 9.21 Å². The molecule has 3 rings (SSSR count). The molecule has 1 N–H and O–H groups in total. The Morgan fingerprint density at radius 3 is 2.67 bits per heavy atom. The van der Waals surface area contributed by atoms with E-state index in [1.165, 1.54) is 6.33 Å². The highest BCUT2D eigenvalue weighted by Crippen LogP contribution is 2.28. The molecule has 3 aromatic rings. The fourth-order valence-corrected chi connectivity index (χ4v) is 2.28. The van der Waals surface area contributed by atoms with E-state index in [4.69, 9.17) is 4.42 Å². The molecule has 0 saturated heterocycles. The van der Waals surface area contributed by atoms with E-state index in [0.29, 0.717) is 17.1 Å². The zero-order chi connectivity index (χ0) is 15.0. The number of nitrogens with one attached hydrogen (secondary N) is 1. The maximum absolute atomic E-state index is 12.4. The van der Waals surface area contributed by atoms with Gasteiger partial charge in [-0.3, -0.25) is 4.79 Å². The average molecular weight is 281 g/mol. The summed E-state index contributed by atoms with van der Waals surface area (Å²) < 4.78 is 5.55. The lowest BCUT2D eigenvalue weighted by molar-refractivity contribution is 0.102. The molecule has 5 heteroatoms. The Balaban J connectivity index is 2.03. The van der Waals surface area contributed by atoms with Crippen molar-refractivity contribution in [1.82, 2.24) is 9.97 Å². The monoisotopic (exact) mass is 281 g/mol. The minimum absolute atomic E-state index is 0.189. The van der Waals surface area contributed by atoms with Crippen LogP contribution in [0.1, 0.15) is 27.2 Å². The third-order valence-corrected chi connectivity index (χ3v) is 3.59. The summed E-state index contributed by atoms with van der Waals surface area (Å²) in [4.78, 5) is 20.7. The van der Waals surface area contributed by atoms with Gasteiger partial charge in [-0.15, -0.1) is 0 Å². The SMILES string of the molecule is Cc1ccccc1C(=O)Nc1ncnc2oc(C)c(C)c12. The molecule has 0 spiro atoms. The van der Waals surface area contributed by atoms with E-state index < -0.39 is 0 Å². The smallest absolute Gasteiger partial charge is 0.257 e. The van der Waals surface area contributed by atoms with E-state index >= 15 is 0 Å². The van der Waals surface area contributed by atoms with Gasteiger partial charge in [0, 0.05) is 11.1 Å². The third-order valence-electron chi connectivity index (χ3n) is 3.59. The number of hydrogen-bond donors (Lipinski definition) is 1. The molecule has 1 amide bonds. The maximum atomic E-state index is 12.4. The van der Waals surface area contributed by atoms with Gasteiger partial charge in [0.2, 0.25) is 5.71 Å². The zero-order valence-electron chi connectivity index (χ0n) is 12.1. The van der Waals surface area contributed by atoms with Crippen LogP contribution >= 0.6 is 0 Å². The zero-order valence-corrected chi connectivity index (χ0v) is 12.1. The second-order valence-electron chi connectivity index (χ2n) is 4.95. The number of carbonyl (C=O) groups is 1. The summed E-state index contributed by atoms with van der Waals surface area (Å²) in [7, 11) is 0. The number of aromatic nitrogens is 2. The number of anilines is 1. The number of amides is 1. The number of furan rings is 1. The fraction of sp³-hybridized carbons (Fsp3) is 0.188. The molecule has 21 heavy (non-hydrogen) atoms. The minimum Gasteiger partial charge on any atom is -0.443 e. The van der Waals surface area contributed by atoms with Gasteiger partial charge in [-0.1, -0.05) is 18.2 Å². The molecule has 0 aliphatic heterocycles. The van der Waals surface area contributed by atoms with Crippen LogP contribution in [0.2, 0.25) is 0 Å². The summed E-state index contributed by atoms with van der Waals surface area (Å²) in [5.74, 6) is 1.06. The van der Waals surface area contributed by atoms with Crippen LogP contribution in [0.5, 0.6) is 0 Å². The average Bonchev–Trinajstić information content (AvgIpc) is 2.75. The molecule has 0 atom stereocenters. The summed E-state index contributed by atoms with van der Waals surface area (Å²) in [6, 6.07) is 7.43. The summed E-state index contributed by atoms with van der Waals surface area (Å²) in [6.45, 7) is 5.69. The van der Waals surface area contributed by atoms with Crippen LogP contribution in [0.15, 0.2) is 35.0 Å². The van der Waals surface area contributed by atoms with Crippen LogP contribution in [0.25, 0.3) is 11.1 Å². The quantitative estimate of drug-likeness (QED) is 0.781. The highest BCUT2D eigenvalue weighted by molar-refractivity contribution is 6.08. The van der Waals surface area contributed by atoms with E-state index in [1.807, 2.05) is 39.0 Å². The van der Waals surface area contributed by atoms with Gasteiger partial charge in [-0.25, -0.2) is 9.97 Å². The van der Waals surface area contributed by atoms with Gasteiger partial charge in [0.1, 0.15) is 17.9 Å². The molecule has 1 aromatic carbocycles. The molecular formula is C16H15N3O2. The number of fused-ring (bicyclic) bond motifs is 1. The highest BCUT2D eigenvalue weighted by atomic mass is 16.3.